The zero-order valence-corrected chi connectivity index (χ0v) is 10.1. The number of aryl methyl sites for hydroxylation is 1. The van der Waals surface area contributed by atoms with Crippen molar-refractivity contribution in [1.82, 2.24) is 20.3 Å². The van der Waals surface area contributed by atoms with Crippen LogP contribution in [0.2, 0.25) is 0 Å². The van der Waals surface area contributed by atoms with Gasteiger partial charge in [0.15, 0.2) is 0 Å². The molecule has 6 heteroatoms. The number of nitrogens with zero attached hydrogens (tertiary/aromatic N) is 3. The summed E-state index contributed by atoms with van der Waals surface area (Å²) in [5, 5.41) is 10.8. The van der Waals surface area contributed by atoms with Gasteiger partial charge in [-0.3, -0.25) is 9.48 Å². The van der Waals surface area contributed by atoms with E-state index in [1.807, 2.05) is 20.9 Å². The molecule has 0 spiro atoms. The summed E-state index contributed by atoms with van der Waals surface area (Å²) in [6.07, 6.45) is 1.69. The van der Waals surface area contributed by atoms with Gasteiger partial charge in [-0.1, -0.05) is 5.21 Å². The Balaban J connectivity index is 2.41. The van der Waals surface area contributed by atoms with E-state index in [0.29, 0.717) is 13.1 Å². The number of rotatable bonds is 5. The van der Waals surface area contributed by atoms with E-state index >= 15 is 0 Å². The Kier molecular flexibility index (Phi) is 4.00. The van der Waals surface area contributed by atoms with Crippen LogP contribution in [-0.4, -0.2) is 34.6 Å². The minimum Gasteiger partial charge on any atom is -0.469 e. The summed E-state index contributed by atoms with van der Waals surface area (Å²) in [6, 6.07) is 0. The maximum Gasteiger partial charge on any atom is 0.312 e. The molecule has 0 amide bonds. The van der Waals surface area contributed by atoms with Crippen LogP contribution in [0, 0.1) is 5.41 Å². The van der Waals surface area contributed by atoms with Gasteiger partial charge in [-0.2, -0.15) is 0 Å². The molecule has 0 aromatic carbocycles. The molecule has 0 saturated carbocycles. The zero-order valence-electron chi connectivity index (χ0n) is 10.1. The Morgan fingerprint density at radius 1 is 1.62 bits per heavy atom. The molecular weight excluding hydrogens is 208 g/mol. The monoisotopic (exact) mass is 226 g/mol. The Hall–Kier alpha value is -1.43. The van der Waals surface area contributed by atoms with Gasteiger partial charge in [0, 0.05) is 20.1 Å². The van der Waals surface area contributed by atoms with Crippen molar-refractivity contribution < 1.29 is 9.53 Å². The van der Waals surface area contributed by atoms with E-state index in [4.69, 9.17) is 4.74 Å². The molecule has 16 heavy (non-hydrogen) atoms. The van der Waals surface area contributed by atoms with Crippen molar-refractivity contribution >= 4 is 5.97 Å². The van der Waals surface area contributed by atoms with E-state index in [1.54, 1.807) is 10.9 Å². The first kappa shape index (κ1) is 12.6. The number of ether oxygens (including phenoxy) is 1. The van der Waals surface area contributed by atoms with E-state index < -0.39 is 5.41 Å². The predicted octanol–water partition coefficient (Wildman–Crippen LogP) is 0.104. The lowest BCUT2D eigenvalue weighted by atomic mass is 9.94. The lowest BCUT2D eigenvalue weighted by molar-refractivity contribution is -0.150. The van der Waals surface area contributed by atoms with Gasteiger partial charge in [-0.15, -0.1) is 5.10 Å². The molecule has 0 aliphatic rings. The molecule has 0 aliphatic heterocycles. The second kappa shape index (κ2) is 5.07. The number of carbonyl (C=O) groups excluding carboxylic acids is 1. The van der Waals surface area contributed by atoms with E-state index in [2.05, 4.69) is 15.6 Å². The number of esters is 1. The van der Waals surface area contributed by atoms with Crippen LogP contribution < -0.4 is 5.32 Å². The van der Waals surface area contributed by atoms with Crippen LogP contribution in [0.1, 0.15) is 19.5 Å². The van der Waals surface area contributed by atoms with Crippen molar-refractivity contribution in [3.8, 4) is 0 Å². The topological polar surface area (TPSA) is 69.0 Å². The van der Waals surface area contributed by atoms with Crippen molar-refractivity contribution in [1.29, 1.82) is 0 Å². The first-order valence-corrected chi connectivity index (χ1v) is 5.10. The number of hydrogen-bond acceptors (Lipinski definition) is 5. The summed E-state index contributed by atoms with van der Waals surface area (Å²) in [7, 11) is 3.23. The second-order valence-corrected chi connectivity index (χ2v) is 4.33. The Morgan fingerprint density at radius 2 is 2.31 bits per heavy atom. The summed E-state index contributed by atoms with van der Waals surface area (Å²) < 4.78 is 6.41. The van der Waals surface area contributed by atoms with E-state index in [9.17, 15) is 4.79 Å². The number of methoxy groups -OCH3 is 1. The Labute approximate surface area is 95.0 Å². The lowest BCUT2D eigenvalue weighted by Crippen LogP contribution is -2.36. The SMILES string of the molecule is COC(=O)C(C)(C)CNCc1cnnn1C. The standard InChI is InChI=1S/C10H18N4O2/c1-10(2,9(15)16-4)7-11-5-8-6-12-13-14(8)3/h6,11H,5,7H2,1-4H3. The number of nitrogens with one attached hydrogen (secondary N) is 1. The summed E-state index contributed by atoms with van der Waals surface area (Å²) in [4.78, 5) is 11.4. The minimum absolute atomic E-state index is 0.219. The molecule has 0 radical (unpaired) electrons. The van der Waals surface area contributed by atoms with E-state index in [-0.39, 0.29) is 5.97 Å². The third kappa shape index (κ3) is 3.03. The van der Waals surface area contributed by atoms with Crippen LogP contribution in [0.5, 0.6) is 0 Å². The summed E-state index contributed by atoms with van der Waals surface area (Å²) in [5.74, 6) is -0.219. The zero-order chi connectivity index (χ0) is 12.2. The maximum atomic E-state index is 11.4. The van der Waals surface area contributed by atoms with Crippen molar-refractivity contribution in [2.45, 2.75) is 20.4 Å². The first-order valence-electron chi connectivity index (χ1n) is 5.10. The number of hydrogen-bond donors (Lipinski definition) is 1. The number of carbonyl (C=O) groups is 1. The van der Waals surface area contributed by atoms with Crippen LogP contribution in [0.15, 0.2) is 6.20 Å². The third-order valence-corrected chi connectivity index (χ3v) is 2.42. The maximum absolute atomic E-state index is 11.4. The van der Waals surface area contributed by atoms with Gasteiger partial charge in [-0.25, -0.2) is 0 Å². The molecule has 1 heterocycles. The van der Waals surface area contributed by atoms with E-state index in [1.165, 1.54) is 7.11 Å². The molecule has 6 nitrogen and oxygen atoms in total. The number of aromatic nitrogens is 3. The fourth-order valence-electron chi connectivity index (χ4n) is 1.32. The molecule has 0 saturated heterocycles. The first-order chi connectivity index (χ1) is 7.47. The van der Waals surface area contributed by atoms with Gasteiger partial charge in [0.25, 0.3) is 0 Å². The normalized spacial score (nSPS) is 11.5. The highest BCUT2D eigenvalue weighted by Crippen LogP contribution is 2.15. The largest absolute Gasteiger partial charge is 0.469 e. The summed E-state index contributed by atoms with van der Waals surface area (Å²) in [5.41, 5.74) is 0.446. The molecule has 0 fully saturated rings. The molecule has 0 atom stereocenters. The van der Waals surface area contributed by atoms with Crippen molar-refractivity contribution in [3.63, 3.8) is 0 Å². The molecule has 0 aliphatic carbocycles. The van der Waals surface area contributed by atoms with Gasteiger partial charge >= 0.3 is 5.97 Å². The molecule has 1 rings (SSSR count). The predicted molar refractivity (Wildman–Crippen MR) is 58.5 cm³/mol. The third-order valence-electron chi connectivity index (χ3n) is 2.42. The highest BCUT2D eigenvalue weighted by atomic mass is 16.5. The van der Waals surface area contributed by atoms with Crippen LogP contribution in [0.4, 0.5) is 0 Å². The smallest absolute Gasteiger partial charge is 0.312 e. The van der Waals surface area contributed by atoms with Gasteiger partial charge in [0.05, 0.1) is 24.4 Å². The summed E-state index contributed by atoms with van der Waals surface area (Å²) >= 11 is 0. The van der Waals surface area contributed by atoms with E-state index in [0.717, 1.165) is 5.69 Å². The molecule has 0 bridgehead atoms. The molecule has 0 unspecified atom stereocenters. The quantitative estimate of drug-likeness (QED) is 0.721. The average Bonchev–Trinajstić information content (AvgIpc) is 2.63. The van der Waals surface area contributed by atoms with Crippen LogP contribution in [0.25, 0.3) is 0 Å². The van der Waals surface area contributed by atoms with Crippen molar-refractivity contribution in [2.75, 3.05) is 13.7 Å². The van der Waals surface area contributed by atoms with Crippen LogP contribution >= 0.6 is 0 Å². The second-order valence-electron chi connectivity index (χ2n) is 4.33. The van der Waals surface area contributed by atoms with Gasteiger partial charge in [0.2, 0.25) is 0 Å². The van der Waals surface area contributed by atoms with Crippen LogP contribution in [-0.2, 0) is 23.1 Å². The highest BCUT2D eigenvalue weighted by molar-refractivity contribution is 5.76. The fraction of sp³-hybridized carbons (Fsp3) is 0.700. The molecule has 1 aromatic rings. The summed E-state index contributed by atoms with van der Waals surface area (Å²) in [6.45, 7) is 4.86. The molecular formula is C10H18N4O2. The molecule has 1 N–H and O–H groups in total. The minimum atomic E-state index is -0.527. The van der Waals surface area contributed by atoms with Gasteiger partial charge < -0.3 is 10.1 Å². The van der Waals surface area contributed by atoms with Crippen molar-refractivity contribution in [2.24, 2.45) is 12.5 Å². The average molecular weight is 226 g/mol. The Morgan fingerprint density at radius 3 is 2.81 bits per heavy atom. The van der Waals surface area contributed by atoms with Crippen LogP contribution in [0.3, 0.4) is 0 Å². The fourth-order valence-corrected chi connectivity index (χ4v) is 1.32. The molecule has 90 valence electrons. The Bertz CT molecular complexity index is 359. The van der Waals surface area contributed by atoms with Crippen molar-refractivity contribution in [3.05, 3.63) is 11.9 Å². The molecule has 1 aromatic heterocycles. The van der Waals surface area contributed by atoms with Gasteiger partial charge in [-0.05, 0) is 13.8 Å². The lowest BCUT2D eigenvalue weighted by Gasteiger charge is -2.21. The highest BCUT2D eigenvalue weighted by Gasteiger charge is 2.28. The van der Waals surface area contributed by atoms with Gasteiger partial charge in [0.1, 0.15) is 0 Å².